The van der Waals surface area contributed by atoms with Crippen molar-refractivity contribution in [3.63, 3.8) is 0 Å². The van der Waals surface area contributed by atoms with Crippen LogP contribution in [0.2, 0.25) is 0 Å². The van der Waals surface area contributed by atoms with Crippen LogP contribution in [0.3, 0.4) is 0 Å². The normalized spacial score (nSPS) is 23.7. The van der Waals surface area contributed by atoms with E-state index < -0.39 is 0 Å². The molecule has 12 heavy (non-hydrogen) atoms. The average Bonchev–Trinajstić information content (AvgIpc) is 2.60. The highest BCUT2D eigenvalue weighted by Gasteiger charge is 2.21. The molecule has 2 heteroatoms. The van der Waals surface area contributed by atoms with E-state index in [1.807, 2.05) is 13.8 Å². The van der Waals surface area contributed by atoms with Crippen LogP contribution in [-0.2, 0) is 4.74 Å². The third-order valence-corrected chi connectivity index (χ3v) is 2.18. The molecular weight excluding hydrogens is 150 g/mol. The van der Waals surface area contributed by atoms with Crippen LogP contribution in [0.4, 0.5) is 0 Å². The Morgan fingerprint density at radius 3 is 2.67 bits per heavy atom. The van der Waals surface area contributed by atoms with Crippen molar-refractivity contribution in [2.45, 2.75) is 33.6 Å². The summed E-state index contributed by atoms with van der Waals surface area (Å²) in [6.45, 7) is 7.88. The fourth-order valence-electron chi connectivity index (χ4n) is 1.31. The molecule has 2 unspecified atom stereocenters. The van der Waals surface area contributed by atoms with Gasteiger partial charge in [-0.25, -0.2) is 0 Å². The Morgan fingerprint density at radius 2 is 2.25 bits per heavy atom. The van der Waals surface area contributed by atoms with Crippen molar-refractivity contribution in [1.82, 2.24) is 0 Å². The zero-order valence-electron chi connectivity index (χ0n) is 8.34. The Hall–Kier alpha value is -0.550. The number of nitrogens with zero attached hydrogens (tertiary/aromatic N) is 1. The van der Waals surface area contributed by atoms with E-state index in [-0.39, 0.29) is 0 Å². The van der Waals surface area contributed by atoms with Gasteiger partial charge in [0, 0.05) is 19.6 Å². The number of hydrogen-bond acceptors (Lipinski definition) is 2. The molecule has 1 rings (SSSR count). The van der Waals surface area contributed by atoms with Crippen LogP contribution >= 0.6 is 0 Å². The van der Waals surface area contributed by atoms with Crippen molar-refractivity contribution in [2.24, 2.45) is 11.8 Å². The Balaban J connectivity index is 0.000000561. The topological polar surface area (TPSA) is 33.0 Å². The number of ether oxygens (including phenoxy) is 1. The summed E-state index contributed by atoms with van der Waals surface area (Å²) in [5.74, 6) is 1.16. The molecule has 0 radical (unpaired) electrons. The molecule has 1 fully saturated rings. The van der Waals surface area contributed by atoms with Crippen molar-refractivity contribution in [1.29, 1.82) is 5.26 Å². The first-order chi connectivity index (χ1) is 5.84. The van der Waals surface area contributed by atoms with Gasteiger partial charge in [0.05, 0.1) is 6.07 Å². The first-order valence-electron chi connectivity index (χ1n) is 4.79. The van der Waals surface area contributed by atoms with Crippen LogP contribution in [0.1, 0.15) is 33.6 Å². The molecule has 0 amide bonds. The smallest absolute Gasteiger partial charge is 0.0624 e. The molecule has 0 spiro atoms. The summed E-state index contributed by atoms with van der Waals surface area (Å²) in [6.07, 6.45) is 1.82. The molecular formula is C10H19NO. The molecule has 0 N–H and O–H groups in total. The molecule has 0 aromatic carbocycles. The van der Waals surface area contributed by atoms with Crippen LogP contribution in [0.25, 0.3) is 0 Å². The Kier molecular flexibility index (Phi) is 6.79. The highest BCUT2D eigenvalue weighted by atomic mass is 16.5. The summed E-state index contributed by atoms with van der Waals surface area (Å²) < 4.78 is 5.22. The van der Waals surface area contributed by atoms with Gasteiger partial charge in [-0.3, -0.25) is 0 Å². The third-order valence-electron chi connectivity index (χ3n) is 2.18. The largest absolute Gasteiger partial charge is 0.381 e. The van der Waals surface area contributed by atoms with E-state index in [2.05, 4.69) is 13.0 Å². The minimum atomic E-state index is 0.521. The lowest BCUT2D eigenvalue weighted by Gasteiger charge is -2.12. The van der Waals surface area contributed by atoms with Gasteiger partial charge in [0.25, 0.3) is 0 Å². The van der Waals surface area contributed by atoms with Crippen molar-refractivity contribution < 1.29 is 4.74 Å². The van der Waals surface area contributed by atoms with Crippen molar-refractivity contribution in [3.8, 4) is 6.07 Å². The van der Waals surface area contributed by atoms with Crippen molar-refractivity contribution in [3.05, 3.63) is 0 Å². The Bertz CT molecular complexity index is 133. The van der Waals surface area contributed by atoms with Crippen LogP contribution < -0.4 is 0 Å². The molecule has 0 aliphatic carbocycles. The lowest BCUT2D eigenvalue weighted by molar-refractivity contribution is 0.175. The highest BCUT2D eigenvalue weighted by Crippen LogP contribution is 2.23. The van der Waals surface area contributed by atoms with Gasteiger partial charge in [0.1, 0.15) is 0 Å². The fraction of sp³-hybridized carbons (Fsp3) is 0.900. The van der Waals surface area contributed by atoms with E-state index in [9.17, 15) is 0 Å². The van der Waals surface area contributed by atoms with Gasteiger partial charge in [-0.2, -0.15) is 5.26 Å². The lowest BCUT2D eigenvalue weighted by atomic mass is 9.91. The predicted molar refractivity (Wildman–Crippen MR) is 49.7 cm³/mol. The van der Waals surface area contributed by atoms with E-state index in [0.717, 1.165) is 19.6 Å². The second kappa shape index (κ2) is 7.12. The number of hydrogen-bond donors (Lipinski definition) is 0. The van der Waals surface area contributed by atoms with Crippen LogP contribution in [0.5, 0.6) is 0 Å². The monoisotopic (exact) mass is 169 g/mol. The quantitative estimate of drug-likeness (QED) is 0.636. The highest BCUT2D eigenvalue weighted by molar-refractivity contribution is 4.79. The maximum Gasteiger partial charge on any atom is 0.0624 e. The van der Waals surface area contributed by atoms with Crippen LogP contribution in [0.15, 0.2) is 0 Å². The molecule has 0 aromatic rings. The van der Waals surface area contributed by atoms with Gasteiger partial charge in [0.15, 0.2) is 0 Å². The lowest BCUT2D eigenvalue weighted by Crippen LogP contribution is -2.10. The van der Waals surface area contributed by atoms with Crippen molar-refractivity contribution >= 4 is 0 Å². The second-order valence-corrected chi connectivity index (χ2v) is 2.96. The Morgan fingerprint density at radius 1 is 1.58 bits per heavy atom. The van der Waals surface area contributed by atoms with E-state index >= 15 is 0 Å². The molecule has 1 heterocycles. The summed E-state index contributed by atoms with van der Waals surface area (Å²) in [7, 11) is 0. The summed E-state index contributed by atoms with van der Waals surface area (Å²) in [4.78, 5) is 0. The van der Waals surface area contributed by atoms with Crippen LogP contribution in [0, 0.1) is 23.2 Å². The maximum atomic E-state index is 8.41. The molecule has 1 aliphatic heterocycles. The summed E-state index contributed by atoms with van der Waals surface area (Å²) in [5, 5.41) is 8.41. The summed E-state index contributed by atoms with van der Waals surface area (Å²) in [6, 6.07) is 2.19. The molecule has 1 saturated heterocycles. The minimum absolute atomic E-state index is 0.521. The second-order valence-electron chi connectivity index (χ2n) is 2.96. The zero-order chi connectivity index (χ0) is 9.40. The number of rotatable bonds is 2. The van der Waals surface area contributed by atoms with Gasteiger partial charge in [0.2, 0.25) is 0 Å². The molecule has 0 saturated carbocycles. The van der Waals surface area contributed by atoms with E-state index in [4.69, 9.17) is 10.00 Å². The zero-order valence-corrected chi connectivity index (χ0v) is 8.34. The molecule has 0 aromatic heterocycles. The summed E-state index contributed by atoms with van der Waals surface area (Å²) >= 11 is 0. The third kappa shape index (κ3) is 3.73. The van der Waals surface area contributed by atoms with Gasteiger partial charge >= 0.3 is 0 Å². The SMILES string of the molecule is CC.CC(CC#N)C1CCOC1. The Labute approximate surface area is 75.5 Å². The van der Waals surface area contributed by atoms with E-state index in [1.165, 1.54) is 0 Å². The molecule has 1 aliphatic rings. The fourth-order valence-corrected chi connectivity index (χ4v) is 1.31. The number of nitriles is 1. The average molecular weight is 169 g/mol. The first-order valence-corrected chi connectivity index (χ1v) is 4.79. The molecule has 2 atom stereocenters. The van der Waals surface area contributed by atoms with Gasteiger partial charge in [-0.15, -0.1) is 0 Å². The molecule has 0 bridgehead atoms. The van der Waals surface area contributed by atoms with Crippen LogP contribution in [-0.4, -0.2) is 13.2 Å². The van der Waals surface area contributed by atoms with Crippen molar-refractivity contribution in [2.75, 3.05) is 13.2 Å². The molecule has 70 valence electrons. The molecule has 2 nitrogen and oxygen atoms in total. The first kappa shape index (κ1) is 11.4. The van der Waals surface area contributed by atoms with Gasteiger partial charge in [-0.1, -0.05) is 20.8 Å². The minimum Gasteiger partial charge on any atom is -0.381 e. The van der Waals surface area contributed by atoms with E-state index in [1.54, 1.807) is 0 Å². The predicted octanol–water partition coefficient (Wildman–Crippen LogP) is 2.60. The van der Waals surface area contributed by atoms with Gasteiger partial charge < -0.3 is 4.74 Å². The van der Waals surface area contributed by atoms with Gasteiger partial charge in [-0.05, 0) is 18.3 Å². The van der Waals surface area contributed by atoms with E-state index in [0.29, 0.717) is 18.3 Å². The standard InChI is InChI=1S/C8H13NO.C2H6/c1-7(2-4-9)8-3-5-10-6-8;1-2/h7-8H,2-3,5-6H2,1H3;1-2H3. The maximum absolute atomic E-state index is 8.41. The summed E-state index contributed by atoms with van der Waals surface area (Å²) in [5.41, 5.74) is 0.